The molecule has 1 aliphatic rings. The van der Waals surface area contributed by atoms with Gasteiger partial charge in [0.05, 0.1) is 10.0 Å². The van der Waals surface area contributed by atoms with E-state index in [1.54, 1.807) is 0 Å². The van der Waals surface area contributed by atoms with Crippen LogP contribution >= 0.6 is 23.2 Å². The SMILES string of the molecule is Cc1ccc(OCC(=O)CC2CCN(Cc3ccc(Cl)c(Cl)c3)CC2)cc1. The average molecular weight is 406 g/mol. The van der Waals surface area contributed by atoms with Crippen molar-refractivity contribution >= 4 is 29.0 Å². The van der Waals surface area contributed by atoms with Crippen molar-refractivity contribution in [1.82, 2.24) is 4.90 Å². The Kier molecular flexibility index (Phi) is 7.17. The second-order valence-electron chi connectivity index (χ2n) is 7.31. The molecule has 2 aromatic rings. The van der Waals surface area contributed by atoms with Gasteiger partial charge < -0.3 is 4.74 Å². The predicted molar refractivity (Wildman–Crippen MR) is 111 cm³/mol. The quantitative estimate of drug-likeness (QED) is 0.604. The number of carbonyl (C=O) groups is 1. The lowest BCUT2D eigenvalue weighted by molar-refractivity contribution is -0.122. The zero-order valence-corrected chi connectivity index (χ0v) is 17.1. The van der Waals surface area contributed by atoms with Crippen molar-refractivity contribution in [3.8, 4) is 5.75 Å². The van der Waals surface area contributed by atoms with E-state index >= 15 is 0 Å². The standard InChI is InChI=1S/C22H25Cl2NO2/c1-16-2-5-20(6-3-16)27-15-19(26)12-17-8-10-25(11-9-17)14-18-4-7-21(23)22(24)13-18/h2-7,13,17H,8-12,14-15H2,1H3. The lowest BCUT2D eigenvalue weighted by Gasteiger charge is -2.31. The number of hydrogen-bond acceptors (Lipinski definition) is 3. The fourth-order valence-electron chi connectivity index (χ4n) is 3.42. The lowest BCUT2D eigenvalue weighted by atomic mass is 9.91. The molecule has 0 unspecified atom stereocenters. The van der Waals surface area contributed by atoms with E-state index in [4.69, 9.17) is 27.9 Å². The molecule has 0 aliphatic carbocycles. The average Bonchev–Trinajstić information content (AvgIpc) is 2.66. The van der Waals surface area contributed by atoms with Gasteiger partial charge in [-0.05, 0) is 68.6 Å². The number of halogens is 2. The van der Waals surface area contributed by atoms with E-state index in [-0.39, 0.29) is 12.4 Å². The van der Waals surface area contributed by atoms with Crippen molar-refractivity contribution in [2.24, 2.45) is 5.92 Å². The predicted octanol–water partition coefficient (Wildman–Crippen LogP) is 5.55. The first-order valence-electron chi connectivity index (χ1n) is 9.37. The summed E-state index contributed by atoms with van der Waals surface area (Å²) in [6, 6.07) is 13.6. The smallest absolute Gasteiger partial charge is 0.170 e. The maximum atomic E-state index is 12.2. The molecule has 27 heavy (non-hydrogen) atoms. The highest BCUT2D eigenvalue weighted by Crippen LogP contribution is 2.26. The number of likely N-dealkylation sites (tertiary alicyclic amines) is 1. The lowest BCUT2D eigenvalue weighted by Crippen LogP contribution is -2.34. The van der Waals surface area contributed by atoms with Crippen molar-refractivity contribution in [1.29, 1.82) is 0 Å². The minimum absolute atomic E-state index is 0.159. The molecular weight excluding hydrogens is 381 g/mol. The van der Waals surface area contributed by atoms with Gasteiger partial charge in [0.25, 0.3) is 0 Å². The zero-order chi connectivity index (χ0) is 19.2. The van der Waals surface area contributed by atoms with Crippen LogP contribution in [0.25, 0.3) is 0 Å². The van der Waals surface area contributed by atoms with Crippen molar-refractivity contribution in [3.63, 3.8) is 0 Å². The number of benzene rings is 2. The minimum atomic E-state index is 0.159. The van der Waals surface area contributed by atoms with Gasteiger partial charge in [-0.15, -0.1) is 0 Å². The van der Waals surface area contributed by atoms with E-state index in [1.165, 1.54) is 11.1 Å². The largest absolute Gasteiger partial charge is 0.486 e. The summed E-state index contributed by atoms with van der Waals surface area (Å²) in [5.41, 5.74) is 2.35. The third kappa shape index (κ3) is 6.24. The third-order valence-electron chi connectivity index (χ3n) is 5.03. The second-order valence-corrected chi connectivity index (χ2v) is 8.13. The van der Waals surface area contributed by atoms with Crippen LogP contribution in [0.1, 0.15) is 30.4 Å². The van der Waals surface area contributed by atoms with E-state index in [0.29, 0.717) is 22.4 Å². The molecular formula is C22H25Cl2NO2. The molecule has 0 atom stereocenters. The number of ether oxygens (including phenoxy) is 1. The van der Waals surface area contributed by atoms with Gasteiger partial charge in [0.1, 0.15) is 12.4 Å². The van der Waals surface area contributed by atoms with Crippen molar-refractivity contribution < 1.29 is 9.53 Å². The normalized spacial score (nSPS) is 15.7. The van der Waals surface area contributed by atoms with E-state index in [9.17, 15) is 4.79 Å². The Balaban J connectivity index is 1.39. The Morgan fingerprint density at radius 2 is 1.78 bits per heavy atom. The summed E-state index contributed by atoms with van der Waals surface area (Å²) in [5, 5.41) is 1.19. The van der Waals surface area contributed by atoms with Crippen molar-refractivity contribution in [3.05, 3.63) is 63.6 Å². The van der Waals surface area contributed by atoms with Crippen LogP contribution in [0, 0.1) is 12.8 Å². The highest BCUT2D eigenvalue weighted by atomic mass is 35.5. The van der Waals surface area contributed by atoms with Crippen LogP contribution in [-0.2, 0) is 11.3 Å². The Bertz CT molecular complexity index is 768. The van der Waals surface area contributed by atoms with Gasteiger partial charge >= 0.3 is 0 Å². The van der Waals surface area contributed by atoms with Crippen LogP contribution in [0.4, 0.5) is 0 Å². The van der Waals surface area contributed by atoms with E-state index in [2.05, 4.69) is 4.90 Å². The van der Waals surface area contributed by atoms with Gasteiger partial charge in [-0.1, -0.05) is 47.0 Å². The van der Waals surface area contributed by atoms with Gasteiger partial charge in [-0.3, -0.25) is 9.69 Å². The number of piperidine rings is 1. The van der Waals surface area contributed by atoms with Crippen LogP contribution in [0.2, 0.25) is 10.0 Å². The van der Waals surface area contributed by atoms with E-state index < -0.39 is 0 Å². The molecule has 1 aliphatic heterocycles. The Labute approximate surface area is 171 Å². The molecule has 0 amide bonds. The Hall–Kier alpha value is -1.55. The van der Waals surface area contributed by atoms with Gasteiger partial charge in [-0.2, -0.15) is 0 Å². The maximum Gasteiger partial charge on any atom is 0.170 e. The summed E-state index contributed by atoms with van der Waals surface area (Å²) in [6.45, 7) is 5.05. The first-order chi connectivity index (χ1) is 13.0. The van der Waals surface area contributed by atoms with Crippen molar-refractivity contribution in [2.45, 2.75) is 32.7 Å². The molecule has 144 valence electrons. The molecule has 0 aromatic heterocycles. The molecule has 1 fully saturated rings. The molecule has 0 saturated carbocycles. The fraction of sp³-hybridized carbons (Fsp3) is 0.409. The summed E-state index contributed by atoms with van der Waals surface area (Å²) < 4.78 is 5.60. The number of carbonyl (C=O) groups excluding carboxylic acids is 1. The number of rotatable bonds is 7. The molecule has 3 nitrogen and oxygen atoms in total. The number of nitrogens with zero attached hydrogens (tertiary/aromatic N) is 1. The van der Waals surface area contributed by atoms with E-state index in [1.807, 2.05) is 49.4 Å². The van der Waals surface area contributed by atoms with Gasteiger partial charge in [0, 0.05) is 13.0 Å². The molecule has 0 spiro atoms. The van der Waals surface area contributed by atoms with Gasteiger partial charge in [-0.25, -0.2) is 0 Å². The summed E-state index contributed by atoms with van der Waals surface area (Å²) in [4.78, 5) is 14.6. The summed E-state index contributed by atoms with van der Waals surface area (Å²) in [6.07, 6.45) is 2.68. The molecule has 1 heterocycles. The highest BCUT2D eigenvalue weighted by Gasteiger charge is 2.22. The van der Waals surface area contributed by atoms with Gasteiger partial charge in [0.15, 0.2) is 5.78 Å². The number of Topliss-reactive ketones (excluding diaryl/α,β-unsaturated/α-hetero) is 1. The zero-order valence-electron chi connectivity index (χ0n) is 15.6. The monoisotopic (exact) mass is 405 g/mol. The number of ketones is 1. The molecule has 3 rings (SSSR count). The van der Waals surface area contributed by atoms with Crippen LogP contribution in [0.5, 0.6) is 5.75 Å². The van der Waals surface area contributed by atoms with Gasteiger partial charge in [0.2, 0.25) is 0 Å². The van der Waals surface area contributed by atoms with E-state index in [0.717, 1.165) is 38.2 Å². The topological polar surface area (TPSA) is 29.5 Å². The van der Waals surface area contributed by atoms with Crippen LogP contribution in [0.3, 0.4) is 0 Å². The Morgan fingerprint density at radius 1 is 1.07 bits per heavy atom. The molecule has 0 radical (unpaired) electrons. The summed E-state index contributed by atoms with van der Waals surface area (Å²) in [5.74, 6) is 1.38. The molecule has 0 N–H and O–H groups in total. The maximum absolute atomic E-state index is 12.2. The summed E-state index contributed by atoms with van der Waals surface area (Å²) in [7, 11) is 0. The van der Waals surface area contributed by atoms with Crippen LogP contribution in [-0.4, -0.2) is 30.4 Å². The first kappa shape index (κ1) is 20.2. The van der Waals surface area contributed by atoms with Crippen LogP contribution < -0.4 is 4.74 Å². The third-order valence-corrected chi connectivity index (χ3v) is 5.77. The first-order valence-corrected chi connectivity index (χ1v) is 10.1. The molecule has 5 heteroatoms. The molecule has 2 aromatic carbocycles. The molecule has 0 bridgehead atoms. The van der Waals surface area contributed by atoms with Crippen molar-refractivity contribution in [2.75, 3.05) is 19.7 Å². The highest BCUT2D eigenvalue weighted by molar-refractivity contribution is 6.42. The molecule has 1 saturated heterocycles. The minimum Gasteiger partial charge on any atom is -0.486 e. The second kappa shape index (κ2) is 9.59. The fourth-order valence-corrected chi connectivity index (χ4v) is 3.74. The number of aryl methyl sites for hydroxylation is 1. The summed E-state index contributed by atoms with van der Waals surface area (Å²) >= 11 is 12.1. The van der Waals surface area contributed by atoms with Crippen LogP contribution in [0.15, 0.2) is 42.5 Å². The number of hydrogen-bond donors (Lipinski definition) is 0. The Morgan fingerprint density at radius 3 is 2.44 bits per heavy atom.